The third-order valence-electron chi connectivity index (χ3n) is 4.79. The minimum absolute atomic E-state index is 0.00486. The Morgan fingerprint density at radius 1 is 1.03 bits per heavy atom. The van der Waals surface area contributed by atoms with E-state index in [1.807, 2.05) is 41.0 Å². The van der Waals surface area contributed by atoms with E-state index < -0.39 is 0 Å². The van der Waals surface area contributed by atoms with E-state index in [2.05, 4.69) is 10.2 Å². The third-order valence-corrected chi connectivity index (χ3v) is 5.77. The Labute approximate surface area is 183 Å². The minimum atomic E-state index is -0.307. The summed E-state index contributed by atoms with van der Waals surface area (Å²) in [4.78, 5) is 11.8. The lowest BCUT2D eigenvalue weighted by molar-refractivity contribution is 0.101. The maximum atomic E-state index is 13.5. The summed E-state index contributed by atoms with van der Waals surface area (Å²) in [5, 5.41) is 9.45. The Kier molecular flexibility index (Phi) is 6.13. The van der Waals surface area contributed by atoms with E-state index in [9.17, 15) is 9.18 Å². The molecular weight excluding hydrogens is 413 g/mol. The maximum absolute atomic E-state index is 13.5. The number of ketones is 1. The molecule has 31 heavy (non-hydrogen) atoms. The van der Waals surface area contributed by atoms with Gasteiger partial charge in [0.25, 0.3) is 0 Å². The standard InChI is InChI=1S/C24H20FN3O2S/c1-16(29)18-8-13-22(30-2)19(14-18)15-31-24-27-26-23(17-6-4-3-5-7-17)28(24)21-11-9-20(25)10-12-21/h3-14H,15H2,1-2H3. The van der Waals surface area contributed by atoms with Crippen LogP contribution in [0.2, 0.25) is 0 Å². The highest BCUT2D eigenvalue weighted by Gasteiger charge is 2.17. The number of hydrogen-bond donors (Lipinski definition) is 0. The number of methoxy groups -OCH3 is 1. The Balaban J connectivity index is 1.73. The minimum Gasteiger partial charge on any atom is -0.496 e. The first kappa shape index (κ1) is 20.8. The highest BCUT2D eigenvalue weighted by atomic mass is 32.2. The number of aromatic nitrogens is 3. The van der Waals surface area contributed by atoms with Crippen LogP contribution < -0.4 is 4.74 Å². The highest BCUT2D eigenvalue weighted by molar-refractivity contribution is 7.98. The molecule has 1 heterocycles. The van der Waals surface area contributed by atoms with Crippen LogP contribution in [0.15, 0.2) is 78.0 Å². The third kappa shape index (κ3) is 4.51. The van der Waals surface area contributed by atoms with Crippen molar-refractivity contribution in [2.75, 3.05) is 7.11 Å². The molecule has 0 N–H and O–H groups in total. The van der Waals surface area contributed by atoms with Gasteiger partial charge < -0.3 is 4.74 Å². The van der Waals surface area contributed by atoms with Crippen molar-refractivity contribution < 1.29 is 13.9 Å². The molecule has 7 heteroatoms. The van der Waals surface area contributed by atoms with E-state index in [0.717, 1.165) is 16.8 Å². The van der Waals surface area contributed by atoms with E-state index in [0.29, 0.717) is 28.0 Å². The molecule has 0 bridgehead atoms. The molecule has 0 saturated carbocycles. The lowest BCUT2D eigenvalue weighted by atomic mass is 10.1. The van der Waals surface area contributed by atoms with Crippen LogP contribution in [0, 0.1) is 5.82 Å². The summed E-state index contributed by atoms with van der Waals surface area (Å²) in [6.45, 7) is 1.54. The molecule has 4 rings (SSSR count). The van der Waals surface area contributed by atoms with Crippen molar-refractivity contribution in [1.82, 2.24) is 14.8 Å². The molecule has 0 saturated heterocycles. The Hall–Kier alpha value is -3.45. The first-order valence-electron chi connectivity index (χ1n) is 9.64. The van der Waals surface area contributed by atoms with E-state index in [1.54, 1.807) is 31.4 Å². The van der Waals surface area contributed by atoms with Gasteiger partial charge in [0.15, 0.2) is 16.8 Å². The van der Waals surface area contributed by atoms with E-state index >= 15 is 0 Å². The second kappa shape index (κ2) is 9.14. The summed E-state index contributed by atoms with van der Waals surface area (Å²) in [5.41, 5.74) is 3.18. The van der Waals surface area contributed by atoms with Gasteiger partial charge in [-0.15, -0.1) is 10.2 Å². The van der Waals surface area contributed by atoms with Gasteiger partial charge in [-0.25, -0.2) is 4.39 Å². The maximum Gasteiger partial charge on any atom is 0.196 e. The topological polar surface area (TPSA) is 57.0 Å². The Morgan fingerprint density at radius 3 is 2.45 bits per heavy atom. The van der Waals surface area contributed by atoms with Crippen molar-refractivity contribution >= 4 is 17.5 Å². The fourth-order valence-corrected chi connectivity index (χ4v) is 4.14. The van der Waals surface area contributed by atoms with Gasteiger partial charge in [0.2, 0.25) is 0 Å². The van der Waals surface area contributed by atoms with Gasteiger partial charge in [0.1, 0.15) is 11.6 Å². The monoisotopic (exact) mass is 433 g/mol. The van der Waals surface area contributed by atoms with Crippen LogP contribution in [0.1, 0.15) is 22.8 Å². The number of Topliss-reactive ketones (excluding diaryl/α,β-unsaturated/α-hetero) is 1. The van der Waals surface area contributed by atoms with Gasteiger partial charge >= 0.3 is 0 Å². The summed E-state index contributed by atoms with van der Waals surface area (Å²) in [5.74, 6) is 1.58. The molecule has 0 fully saturated rings. The largest absolute Gasteiger partial charge is 0.496 e. The molecule has 0 radical (unpaired) electrons. The molecule has 0 aliphatic carbocycles. The first-order chi connectivity index (χ1) is 15.1. The van der Waals surface area contributed by atoms with E-state index in [-0.39, 0.29) is 11.6 Å². The molecule has 156 valence electrons. The summed E-state index contributed by atoms with van der Waals surface area (Å²) < 4.78 is 20.9. The molecule has 0 amide bonds. The lowest BCUT2D eigenvalue weighted by Crippen LogP contribution is -2.01. The van der Waals surface area contributed by atoms with Gasteiger partial charge in [0, 0.05) is 28.1 Å². The van der Waals surface area contributed by atoms with Crippen molar-refractivity contribution in [3.05, 3.63) is 89.7 Å². The molecule has 0 atom stereocenters. The van der Waals surface area contributed by atoms with Crippen molar-refractivity contribution in [3.63, 3.8) is 0 Å². The summed E-state index contributed by atoms with van der Waals surface area (Å²) >= 11 is 1.47. The van der Waals surface area contributed by atoms with Gasteiger partial charge in [-0.2, -0.15) is 0 Å². The molecular formula is C24H20FN3O2S. The summed E-state index contributed by atoms with van der Waals surface area (Å²) in [7, 11) is 1.60. The molecule has 3 aromatic carbocycles. The molecule has 0 aliphatic rings. The van der Waals surface area contributed by atoms with E-state index in [1.165, 1.54) is 30.8 Å². The quantitative estimate of drug-likeness (QED) is 0.281. The first-order valence-corrected chi connectivity index (χ1v) is 10.6. The molecule has 0 spiro atoms. The highest BCUT2D eigenvalue weighted by Crippen LogP contribution is 2.32. The number of carbonyl (C=O) groups excluding carboxylic acids is 1. The zero-order valence-electron chi connectivity index (χ0n) is 17.1. The summed E-state index contributed by atoms with van der Waals surface area (Å²) in [6.07, 6.45) is 0. The van der Waals surface area contributed by atoms with Crippen molar-refractivity contribution in [2.24, 2.45) is 0 Å². The molecule has 1 aromatic heterocycles. The van der Waals surface area contributed by atoms with Crippen LogP contribution in [0.4, 0.5) is 4.39 Å². The SMILES string of the molecule is COc1ccc(C(C)=O)cc1CSc1nnc(-c2ccccc2)n1-c1ccc(F)cc1. The number of ether oxygens (including phenoxy) is 1. The normalized spacial score (nSPS) is 10.8. The number of rotatable bonds is 7. The van der Waals surface area contributed by atoms with Gasteiger partial charge in [-0.05, 0) is 49.4 Å². The van der Waals surface area contributed by atoms with Crippen LogP contribution in [-0.2, 0) is 5.75 Å². The average Bonchev–Trinajstić information content (AvgIpc) is 3.22. The zero-order valence-corrected chi connectivity index (χ0v) is 17.9. The summed E-state index contributed by atoms with van der Waals surface area (Å²) in [6, 6.07) is 21.3. The number of nitrogens with zero attached hydrogens (tertiary/aromatic N) is 3. The van der Waals surface area contributed by atoms with Crippen molar-refractivity contribution in [3.8, 4) is 22.8 Å². The number of hydrogen-bond acceptors (Lipinski definition) is 5. The lowest BCUT2D eigenvalue weighted by Gasteiger charge is -2.12. The molecule has 5 nitrogen and oxygen atoms in total. The molecule has 4 aromatic rings. The van der Waals surface area contributed by atoms with Crippen LogP contribution in [0.5, 0.6) is 5.75 Å². The number of thioether (sulfide) groups is 1. The predicted molar refractivity (Wildman–Crippen MR) is 119 cm³/mol. The molecule has 0 unspecified atom stereocenters. The second-order valence-electron chi connectivity index (χ2n) is 6.86. The zero-order chi connectivity index (χ0) is 21.8. The van der Waals surface area contributed by atoms with Crippen LogP contribution in [-0.4, -0.2) is 27.7 Å². The van der Waals surface area contributed by atoms with Crippen molar-refractivity contribution in [1.29, 1.82) is 0 Å². The fourth-order valence-electron chi connectivity index (χ4n) is 3.21. The Bertz CT molecular complexity index is 1210. The van der Waals surface area contributed by atoms with Crippen LogP contribution in [0.25, 0.3) is 17.1 Å². The predicted octanol–water partition coefficient (Wildman–Crippen LogP) is 5.58. The van der Waals surface area contributed by atoms with Gasteiger partial charge in [-0.3, -0.25) is 9.36 Å². The van der Waals surface area contributed by atoms with Crippen molar-refractivity contribution in [2.45, 2.75) is 17.8 Å². The Morgan fingerprint density at radius 2 is 1.77 bits per heavy atom. The molecule has 0 aliphatic heterocycles. The van der Waals surface area contributed by atoms with E-state index in [4.69, 9.17) is 4.74 Å². The van der Waals surface area contributed by atoms with Gasteiger partial charge in [-0.1, -0.05) is 42.1 Å². The smallest absolute Gasteiger partial charge is 0.196 e. The van der Waals surface area contributed by atoms with Gasteiger partial charge in [0.05, 0.1) is 7.11 Å². The number of benzene rings is 3. The number of carbonyl (C=O) groups is 1. The number of halogens is 1. The van der Waals surface area contributed by atoms with Crippen LogP contribution in [0.3, 0.4) is 0 Å². The average molecular weight is 434 g/mol. The second-order valence-corrected chi connectivity index (χ2v) is 7.80. The fraction of sp³-hybridized carbons (Fsp3) is 0.125. The van der Waals surface area contributed by atoms with Crippen LogP contribution >= 0.6 is 11.8 Å².